The van der Waals surface area contributed by atoms with E-state index in [-0.39, 0.29) is 19.5 Å². The molecule has 0 aliphatic carbocycles. The topological polar surface area (TPSA) is 25.8 Å². The van der Waals surface area contributed by atoms with Crippen LogP contribution in [0.2, 0.25) is 0 Å². The minimum atomic E-state index is 0. The van der Waals surface area contributed by atoms with Crippen molar-refractivity contribution in [2.45, 2.75) is 6.92 Å². The van der Waals surface area contributed by atoms with Gasteiger partial charge in [-0.1, -0.05) is 0 Å². The summed E-state index contributed by atoms with van der Waals surface area (Å²) in [6, 6.07) is 3.59. The molecule has 0 amide bonds. The van der Waals surface area contributed by atoms with Gasteiger partial charge in [0, 0.05) is 19.5 Å². The molecular formula is C5H5N2Rh-. The zero-order valence-corrected chi connectivity index (χ0v) is 6.02. The van der Waals surface area contributed by atoms with E-state index in [1.54, 1.807) is 6.07 Å². The molecule has 0 fully saturated rings. The zero-order chi connectivity index (χ0) is 5.11. The van der Waals surface area contributed by atoms with Gasteiger partial charge in [-0.3, -0.25) is 5.10 Å². The van der Waals surface area contributed by atoms with Crippen LogP contribution in [0.1, 0.15) is 5.69 Å². The molecule has 0 saturated carbocycles. The molecule has 3 heteroatoms. The van der Waals surface area contributed by atoms with E-state index in [0.29, 0.717) is 0 Å². The van der Waals surface area contributed by atoms with Crippen LogP contribution in [0.15, 0.2) is 12.1 Å². The molecule has 1 heterocycles. The van der Waals surface area contributed by atoms with Crippen LogP contribution in [0.5, 0.6) is 0 Å². The van der Waals surface area contributed by atoms with Crippen LogP contribution in [-0.4, -0.2) is 10.2 Å². The third-order valence-corrected chi connectivity index (χ3v) is 0.665. The summed E-state index contributed by atoms with van der Waals surface area (Å²) < 4.78 is 0. The minimum Gasteiger partial charge on any atom is -0.268 e. The average Bonchev–Trinajstić information content (AvgIpc) is 1.69. The Morgan fingerprint density at radius 2 is 2.38 bits per heavy atom. The minimum absolute atomic E-state index is 0. The summed E-state index contributed by atoms with van der Waals surface area (Å²) in [7, 11) is 0. The van der Waals surface area contributed by atoms with Crippen molar-refractivity contribution >= 4 is 0 Å². The summed E-state index contributed by atoms with van der Waals surface area (Å²) >= 11 is 0. The first-order valence-corrected chi connectivity index (χ1v) is 2.06. The fourth-order valence-electron chi connectivity index (χ4n) is 0.332. The van der Waals surface area contributed by atoms with Gasteiger partial charge < -0.3 is 0 Å². The van der Waals surface area contributed by atoms with Gasteiger partial charge in [0.25, 0.3) is 0 Å². The summed E-state index contributed by atoms with van der Waals surface area (Å²) in [5.41, 5.74) is 0.929. The third-order valence-electron chi connectivity index (χ3n) is 0.665. The molecule has 0 N–H and O–H groups in total. The largest absolute Gasteiger partial charge is 0.268 e. The Kier molecular flexibility index (Phi) is 3.54. The first-order chi connectivity index (χ1) is 3.39. The molecule has 0 aromatic carbocycles. The maximum Gasteiger partial charge on any atom is 0 e. The van der Waals surface area contributed by atoms with Gasteiger partial charge in [0.15, 0.2) is 0 Å². The van der Waals surface area contributed by atoms with Gasteiger partial charge in [-0.05, 0) is 12.6 Å². The molecule has 2 nitrogen and oxygen atoms in total. The molecule has 1 radical (unpaired) electrons. The first kappa shape index (κ1) is 7.70. The number of rotatable bonds is 0. The summed E-state index contributed by atoms with van der Waals surface area (Å²) in [6.45, 7) is 1.89. The van der Waals surface area contributed by atoms with Gasteiger partial charge in [-0.25, -0.2) is 6.07 Å². The van der Waals surface area contributed by atoms with E-state index in [1.165, 1.54) is 0 Å². The maximum absolute atomic E-state index is 3.67. The molecule has 0 aliphatic rings. The Labute approximate surface area is 61.1 Å². The molecule has 1 aromatic rings. The van der Waals surface area contributed by atoms with Gasteiger partial charge in [-0.2, -0.15) is 11.2 Å². The number of nitrogens with zero attached hydrogens (tertiary/aromatic N) is 2. The number of aryl methyl sites for hydroxylation is 1. The number of aromatic nitrogens is 2. The molecule has 1 rings (SSSR count). The van der Waals surface area contributed by atoms with Gasteiger partial charge in [0.05, 0.1) is 0 Å². The summed E-state index contributed by atoms with van der Waals surface area (Å²) in [4.78, 5) is 0. The van der Waals surface area contributed by atoms with E-state index < -0.39 is 0 Å². The van der Waals surface area contributed by atoms with Gasteiger partial charge >= 0.3 is 0 Å². The van der Waals surface area contributed by atoms with Crippen LogP contribution < -0.4 is 0 Å². The fraction of sp³-hybridized carbons (Fsp3) is 0.200. The summed E-state index contributed by atoms with van der Waals surface area (Å²) in [6.07, 6.45) is 2.57. The van der Waals surface area contributed by atoms with Crippen molar-refractivity contribution in [3.05, 3.63) is 24.0 Å². The van der Waals surface area contributed by atoms with E-state index >= 15 is 0 Å². The van der Waals surface area contributed by atoms with Crippen LogP contribution in [0, 0.1) is 13.1 Å². The normalized spacial score (nSPS) is 7.62. The average molecular weight is 196 g/mol. The van der Waals surface area contributed by atoms with Gasteiger partial charge in [-0.15, -0.1) is 6.20 Å². The smallest absolute Gasteiger partial charge is 0 e. The van der Waals surface area contributed by atoms with E-state index in [1.807, 2.05) is 13.0 Å². The molecule has 0 atom stereocenters. The molecule has 0 unspecified atom stereocenters. The quantitative estimate of drug-likeness (QED) is 0.448. The molecule has 1 aromatic heterocycles. The fourth-order valence-corrected chi connectivity index (χ4v) is 0.332. The van der Waals surface area contributed by atoms with Crippen molar-refractivity contribution in [1.29, 1.82) is 0 Å². The van der Waals surface area contributed by atoms with Crippen molar-refractivity contribution in [3.63, 3.8) is 0 Å². The standard InChI is InChI=1S/C5H5N2.Rh/c1-5-3-2-4-6-7-5;/h2-3H,1H3;/q-1;. The van der Waals surface area contributed by atoms with Crippen LogP contribution in [0.4, 0.5) is 0 Å². The molecule has 45 valence electrons. The van der Waals surface area contributed by atoms with Crippen molar-refractivity contribution < 1.29 is 19.5 Å². The Morgan fingerprint density at radius 3 is 2.62 bits per heavy atom. The monoisotopic (exact) mass is 196 g/mol. The van der Waals surface area contributed by atoms with Crippen molar-refractivity contribution in [1.82, 2.24) is 10.2 Å². The molecule has 0 aliphatic heterocycles. The second kappa shape index (κ2) is 3.67. The summed E-state index contributed by atoms with van der Waals surface area (Å²) in [5, 5.41) is 7.18. The Balaban J connectivity index is 0.000000490. The molecular weight excluding hydrogens is 191 g/mol. The summed E-state index contributed by atoms with van der Waals surface area (Å²) in [5.74, 6) is 0. The Bertz CT molecular complexity index is 140. The van der Waals surface area contributed by atoms with Crippen molar-refractivity contribution in [2.75, 3.05) is 0 Å². The van der Waals surface area contributed by atoms with Crippen LogP contribution in [0.25, 0.3) is 0 Å². The molecule has 0 spiro atoms. The van der Waals surface area contributed by atoms with Crippen LogP contribution in [-0.2, 0) is 19.5 Å². The van der Waals surface area contributed by atoms with Crippen LogP contribution >= 0.6 is 0 Å². The van der Waals surface area contributed by atoms with Crippen LogP contribution in [0.3, 0.4) is 0 Å². The molecule has 0 bridgehead atoms. The van der Waals surface area contributed by atoms with Gasteiger partial charge in [0.2, 0.25) is 0 Å². The molecule has 8 heavy (non-hydrogen) atoms. The van der Waals surface area contributed by atoms with Crippen molar-refractivity contribution in [2.24, 2.45) is 0 Å². The SMILES string of the molecule is Cc1cc[c-]nn1.[Rh]. The zero-order valence-electron chi connectivity index (χ0n) is 4.38. The Morgan fingerprint density at radius 1 is 1.62 bits per heavy atom. The predicted molar refractivity (Wildman–Crippen MR) is 25.6 cm³/mol. The predicted octanol–water partition coefficient (Wildman–Crippen LogP) is 0.583. The van der Waals surface area contributed by atoms with E-state index in [2.05, 4.69) is 16.4 Å². The first-order valence-electron chi connectivity index (χ1n) is 2.06. The second-order valence-electron chi connectivity index (χ2n) is 1.30. The Hall–Kier alpha value is -0.297. The van der Waals surface area contributed by atoms with E-state index in [9.17, 15) is 0 Å². The number of hydrogen-bond donors (Lipinski definition) is 0. The van der Waals surface area contributed by atoms with Gasteiger partial charge in [0.1, 0.15) is 0 Å². The third kappa shape index (κ3) is 2.13. The molecule has 0 saturated heterocycles. The van der Waals surface area contributed by atoms with E-state index in [0.717, 1.165) is 5.69 Å². The maximum atomic E-state index is 3.67. The number of hydrogen-bond acceptors (Lipinski definition) is 2. The van der Waals surface area contributed by atoms with Crippen molar-refractivity contribution in [3.8, 4) is 0 Å². The second-order valence-corrected chi connectivity index (χ2v) is 1.30. The van der Waals surface area contributed by atoms with E-state index in [4.69, 9.17) is 0 Å².